The molecule has 70 heavy (non-hydrogen) atoms. The first-order valence-electron chi connectivity index (χ1n) is 27.8. The lowest BCUT2D eigenvalue weighted by molar-refractivity contribution is -0.167. The standard InChI is InChI=1S/C64H100O6/c1-4-7-10-13-16-19-22-25-28-30-32-34-36-39-42-45-48-51-54-57-63(66)69-60-61(59-68-62(65)56-53-50-47-44-41-38-27-24-21-18-15-12-9-6-3)70-64(67)58-55-52-49-46-43-40-37-35-33-31-29-26-23-20-17-14-11-8-5-2/h7-8,10-11,15-20,24-29,32-35,39-40,42-43,61H,4-6,9,12-14,21-23,30-31,36-38,41,44-60H2,1-3H3/b10-7+,11-8+,18-15+,19-16+,20-17+,27-24+,28-25+,29-26+,34-32+,35-33+,42-39+,43-40+/t61-/m1/s1. The fourth-order valence-electron chi connectivity index (χ4n) is 6.92. The summed E-state index contributed by atoms with van der Waals surface area (Å²) in [5.41, 5.74) is 0. The molecule has 0 aliphatic rings. The number of carbonyl (C=O) groups excluding carboxylic acids is 3. The molecular formula is C64H100O6. The van der Waals surface area contributed by atoms with E-state index in [9.17, 15) is 14.4 Å². The molecule has 0 aliphatic carbocycles. The van der Waals surface area contributed by atoms with E-state index >= 15 is 0 Å². The summed E-state index contributed by atoms with van der Waals surface area (Å²) in [6, 6.07) is 0. The van der Waals surface area contributed by atoms with Crippen molar-refractivity contribution in [2.24, 2.45) is 0 Å². The Labute approximate surface area is 429 Å². The van der Waals surface area contributed by atoms with Crippen LogP contribution in [0.1, 0.15) is 220 Å². The van der Waals surface area contributed by atoms with Crippen LogP contribution in [-0.2, 0) is 28.6 Å². The van der Waals surface area contributed by atoms with Crippen LogP contribution in [-0.4, -0.2) is 37.2 Å². The Hall–Kier alpha value is -4.71. The highest BCUT2D eigenvalue weighted by molar-refractivity contribution is 5.71. The lowest BCUT2D eigenvalue weighted by Gasteiger charge is -2.18. The Balaban J connectivity index is 4.56. The number of hydrogen-bond acceptors (Lipinski definition) is 6. The van der Waals surface area contributed by atoms with Crippen molar-refractivity contribution < 1.29 is 28.6 Å². The number of rotatable bonds is 48. The largest absolute Gasteiger partial charge is 0.462 e. The quantitative estimate of drug-likeness (QED) is 0.0262. The second-order valence-electron chi connectivity index (χ2n) is 17.7. The van der Waals surface area contributed by atoms with Crippen molar-refractivity contribution in [1.29, 1.82) is 0 Å². The molecule has 0 aromatic rings. The monoisotopic (exact) mass is 965 g/mol. The van der Waals surface area contributed by atoms with Crippen LogP contribution in [0.3, 0.4) is 0 Å². The zero-order chi connectivity index (χ0) is 50.7. The Morgan fingerprint density at radius 1 is 0.300 bits per heavy atom. The average Bonchev–Trinajstić information content (AvgIpc) is 3.36. The molecule has 6 heteroatoms. The van der Waals surface area contributed by atoms with Crippen molar-refractivity contribution in [3.05, 3.63) is 146 Å². The Morgan fingerprint density at radius 2 is 0.557 bits per heavy atom. The van der Waals surface area contributed by atoms with E-state index in [2.05, 4.69) is 167 Å². The number of carbonyl (C=O) groups is 3. The highest BCUT2D eigenvalue weighted by atomic mass is 16.6. The molecule has 0 rings (SSSR count). The van der Waals surface area contributed by atoms with E-state index < -0.39 is 6.10 Å². The third-order valence-electron chi connectivity index (χ3n) is 11.1. The van der Waals surface area contributed by atoms with Gasteiger partial charge in [0, 0.05) is 19.3 Å². The van der Waals surface area contributed by atoms with Crippen molar-refractivity contribution in [3.8, 4) is 0 Å². The van der Waals surface area contributed by atoms with Crippen molar-refractivity contribution >= 4 is 17.9 Å². The maximum absolute atomic E-state index is 12.8. The molecule has 0 unspecified atom stereocenters. The van der Waals surface area contributed by atoms with Crippen LogP contribution in [0.4, 0.5) is 0 Å². The maximum atomic E-state index is 12.8. The van der Waals surface area contributed by atoms with Gasteiger partial charge in [-0.25, -0.2) is 0 Å². The summed E-state index contributed by atoms with van der Waals surface area (Å²) < 4.78 is 16.8. The zero-order valence-electron chi connectivity index (χ0n) is 44.7. The van der Waals surface area contributed by atoms with E-state index in [1.54, 1.807) is 0 Å². The predicted molar refractivity (Wildman–Crippen MR) is 302 cm³/mol. The topological polar surface area (TPSA) is 78.9 Å². The predicted octanol–water partition coefficient (Wildman–Crippen LogP) is 18.8. The molecule has 0 N–H and O–H groups in total. The van der Waals surface area contributed by atoms with Crippen molar-refractivity contribution in [2.75, 3.05) is 13.2 Å². The Bertz CT molecular complexity index is 1580. The first-order chi connectivity index (χ1) is 34.5. The van der Waals surface area contributed by atoms with Gasteiger partial charge in [-0.1, -0.05) is 212 Å². The molecule has 392 valence electrons. The Morgan fingerprint density at radius 3 is 0.886 bits per heavy atom. The van der Waals surface area contributed by atoms with Gasteiger partial charge >= 0.3 is 17.9 Å². The van der Waals surface area contributed by atoms with E-state index in [-0.39, 0.29) is 37.5 Å². The number of hydrogen-bond donors (Lipinski definition) is 0. The second-order valence-corrected chi connectivity index (χ2v) is 17.7. The molecule has 1 atom stereocenters. The summed E-state index contributed by atoms with van der Waals surface area (Å²) >= 11 is 0. The van der Waals surface area contributed by atoms with E-state index in [0.717, 1.165) is 154 Å². The molecule has 0 saturated carbocycles. The van der Waals surface area contributed by atoms with Crippen molar-refractivity contribution in [1.82, 2.24) is 0 Å². The minimum atomic E-state index is -0.822. The summed E-state index contributed by atoms with van der Waals surface area (Å²) in [6.07, 6.45) is 81.1. The van der Waals surface area contributed by atoms with E-state index in [4.69, 9.17) is 14.2 Å². The van der Waals surface area contributed by atoms with Gasteiger partial charge in [0.25, 0.3) is 0 Å². The maximum Gasteiger partial charge on any atom is 0.306 e. The number of ether oxygens (including phenoxy) is 3. The van der Waals surface area contributed by atoms with Gasteiger partial charge < -0.3 is 14.2 Å². The first-order valence-corrected chi connectivity index (χ1v) is 27.8. The first kappa shape index (κ1) is 65.3. The second kappa shape index (κ2) is 56.9. The average molecular weight is 965 g/mol. The molecule has 0 aliphatic heterocycles. The van der Waals surface area contributed by atoms with Crippen LogP contribution >= 0.6 is 0 Å². The lowest BCUT2D eigenvalue weighted by atomic mass is 10.1. The molecule has 0 amide bonds. The van der Waals surface area contributed by atoms with Crippen molar-refractivity contribution in [2.45, 2.75) is 226 Å². The summed E-state index contributed by atoms with van der Waals surface area (Å²) in [5, 5.41) is 0. The van der Waals surface area contributed by atoms with Gasteiger partial charge in [0.15, 0.2) is 6.10 Å². The normalized spacial score (nSPS) is 13.2. The number of allylic oxidation sites excluding steroid dienone is 24. The third kappa shape index (κ3) is 54.2. The summed E-state index contributed by atoms with van der Waals surface area (Å²) in [7, 11) is 0. The molecular weight excluding hydrogens is 865 g/mol. The molecule has 0 radical (unpaired) electrons. The molecule has 0 spiro atoms. The molecule has 0 aromatic carbocycles. The van der Waals surface area contributed by atoms with Gasteiger partial charge in [0.2, 0.25) is 0 Å². The SMILES string of the molecule is CC/C=C/C/C=C/C/C=C/C/C=C/C/C=C/CCCCCC(=O)OC[C@@H](COC(=O)CCCCCCC/C=C/C/C=C/CCCC)OC(=O)CCCCC/C=C/C/C=C/C/C=C/C/C=C/C/C=C/CC. The van der Waals surface area contributed by atoms with E-state index in [1.807, 2.05) is 0 Å². The number of esters is 3. The van der Waals surface area contributed by atoms with Gasteiger partial charge in [-0.3, -0.25) is 14.4 Å². The van der Waals surface area contributed by atoms with Crippen LogP contribution in [0.2, 0.25) is 0 Å². The third-order valence-corrected chi connectivity index (χ3v) is 11.1. The van der Waals surface area contributed by atoms with Gasteiger partial charge in [-0.05, 0) is 135 Å². The molecule has 6 nitrogen and oxygen atoms in total. The van der Waals surface area contributed by atoms with Crippen LogP contribution in [0.5, 0.6) is 0 Å². The van der Waals surface area contributed by atoms with Crippen LogP contribution in [0.15, 0.2) is 146 Å². The fraction of sp³-hybridized carbons (Fsp3) is 0.578. The molecule has 0 bridgehead atoms. The summed E-state index contributed by atoms with van der Waals surface area (Å²) in [5.74, 6) is -1.00. The van der Waals surface area contributed by atoms with Gasteiger partial charge in [0.1, 0.15) is 13.2 Å². The Kier molecular flexibility index (Phi) is 53.0. The molecule has 0 heterocycles. The van der Waals surface area contributed by atoms with Crippen molar-refractivity contribution in [3.63, 3.8) is 0 Å². The van der Waals surface area contributed by atoms with Gasteiger partial charge in [-0.15, -0.1) is 0 Å². The van der Waals surface area contributed by atoms with Gasteiger partial charge in [-0.2, -0.15) is 0 Å². The summed E-state index contributed by atoms with van der Waals surface area (Å²) in [4.78, 5) is 38.1. The molecule has 0 saturated heterocycles. The van der Waals surface area contributed by atoms with Crippen LogP contribution in [0, 0.1) is 0 Å². The van der Waals surface area contributed by atoms with Gasteiger partial charge in [0.05, 0.1) is 0 Å². The highest BCUT2D eigenvalue weighted by Crippen LogP contribution is 2.12. The zero-order valence-corrected chi connectivity index (χ0v) is 44.7. The smallest absolute Gasteiger partial charge is 0.306 e. The van der Waals surface area contributed by atoms with E-state index in [0.29, 0.717) is 19.3 Å². The van der Waals surface area contributed by atoms with Crippen LogP contribution in [0.25, 0.3) is 0 Å². The number of unbranched alkanes of at least 4 members (excludes halogenated alkanes) is 13. The lowest BCUT2D eigenvalue weighted by Crippen LogP contribution is -2.30. The highest BCUT2D eigenvalue weighted by Gasteiger charge is 2.19. The van der Waals surface area contributed by atoms with Crippen LogP contribution < -0.4 is 0 Å². The minimum Gasteiger partial charge on any atom is -0.462 e. The van der Waals surface area contributed by atoms with E-state index in [1.165, 1.54) is 19.3 Å². The molecule has 0 aromatic heterocycles. The molecule has 0 fully saturated rings. The summed E-state index contributed by atoms with van der Waals surface area (Å²) in [6.45, 7) is 6.28. The fourth-order valence-corrected chi connectivity index (χ4v) is 6.92. The minimum absolute atomic E-state index is 0.116.